The minimum Gasteiger partial charge on any atom is -0.478 e. The minimum absolute atomic E-state index is 0.0509. The molecule has 2 aliphatic rings. The third kappa shape index (κ3) is 3.16. The van der Waals surface area contributed by atoms with Crippen LogP contribution >= 0.6 is 0 Å². The van der Waals surface area contributed by atoms with Gasteiger partial charge >= 0.3 is 10.2 Å². The monoisotopic (exact) mass is 353 g/mol. The van der Waals surface area contributed by atoms with Gasteiger partial charge < -0.3 is 19.5 Å². The smallest absolute Gasteiger partial charge is 0.368 e. The number of nitrogens with one attached hydrogen (secondary N) is 1. The van der Waals surface area contributed by atoms with Crippen LogP contribution in [0.2, 0.25) is 0 Å². The molecule has 8 nitrogen and oxygen atoms in total. The molecule has 24 heavy (non-hydrogen) atoms. The van der Waals surface area contributed by atoms with Gasteiger partial charge in [-0.1, -0.05) is 26.8 Å². The van der Waals surface area contributed by atoms with Gasteiger partial charge in [0.1, 0.15) is 0 Å². The van der Waals surface area contributed by atoms with E-state index in [4.69, 9.17) is 14.2 Å². The van der Waals surface area contributed by atoms with Crippen molar-refractivity contribution in [2.75, 3.05) is 13.9 Å². The molecule has 0 saturated carbocycles. The zero-order chi connectivity index (χ0) is 17.5. The van der Waals surface area contributed by atoms with Crippen LogP contribution < -0.4 is 14.8 Å². The summed E-state index contributed by atoms with van der Waals surface area (Å²) in [7, 11) is -2.55. The molecule has 0 spiro atoms. The van der Waals surface area contributed by atoms with Crippen molar-refractivity contribution in [1.29, 1.82) is 0 Å². The lowest BCUT2D eigenvalue weighted by Gasteiger charge is -2.32. The normalized spacial score (nSPS) is 19.5. The molecular weight excluding hydrogens is 334 g/mol. The molecule has 2 heterocycles. The summed E-state index contributed by atoms with van der Waals surface area (Å²) in [5.41, 5.74) is 0.663. The van der Waals surface area contributed by atoms with Crippen molar-refractivity contribution < 1.29 is 22.6 Å². The Morgan fingerprint density at radius 2 is 1.92 bits per heavy atom. The van der Waals surface area contributed by atoms with Gasteiger partial charge in [-0.2, -0.15) is 8.42 Å². The number of methoxy groups -OCH3 is 1. The van der Waals surface area contributed by atoms with Crippen LogP contribution in [0.25, 0.3) is 0 Å². The van der Waals surface area contributed by atoms with Crippen LogP contribution in [0.15, 0.2) is 27.0 Å². The van der Waals surface area contributed by atoms with Crippen molar-refractivity contribution >= 4 is 21.9 Å². The molecule has 0 unspecified atom stereocenters. The summed E-state index contributed by atoms with van der Waals surface area (Å²) in [6.45, 7) is 6.28. The van der Waals surface area contributed by atoms with Crippen LogP contribution in [0.3, 0.4) is 0 Å². The summed E-state index contributed by atoms with van der Waals surface area (Å²) in [4.78, 5) is 0. The molecule has 2 aliphatic heterocycles. The second-order valence-corrected chi connectivity index (χ2v) is 7.81. The Morgan fingerprint density at radius 3 is 2.58 bits per heavy atom. The standard InChI is InChI=1S/C15H19N3O5S/c1-15(2,3)12(9-5-6-10-11(7-9)23-8-22-10)16-13-14(21-4)18-24(19,20)17-13/h5-7,12H,8H2,1-4H3,(H,16,17)/t12-/m0/s1. The van der Waals surface area contributed by atoms with Crippen molar-refractivity contribution in [2.24, 2.45) is 14.2 Å². The van der Waals surface area contributed by atoms with Gasteiger partial charge in [-0.15, -0.1) is 8.80 Å². The number of rotatable bonds is 2. The van der Waals surface area contributed by atoms with Gasteiger partial charge in [-0.05, 0) is 23.1 Å². The predicted octanol–water partition coefficient (Wildman–Crippen LogP) is 1.79. The summed E-state index contributed by atoms with van der Waals surface area (Å²) in [6.07, 6.45) is 0. The summed E-state index contributed by atoms with van der Waals surface area (Å²) in [5, 5.41) is 3.14. The van der Waals surface area contributed by atoms with Crippen molar-refractivity contribution in [3.05, 3.63) is 23.8 Å². The highest BCUT2D eigenvalue weighted by Crippen LogP contribution is 2.39. The van der Waals surface area contributed by atoms with Crippen molar-refractivity contribution in [3.63, 3.8) is 0 Å². The largest absolute Gasteiger partial charge is 0.478 e. The van der Waals surface area contributed by atoms with Crippen LogP contribution in [-0.2, 0) is 14.9 Å². The van der Waals surface area contributed by atoms with E-state index >= 15 is 0 Å². The molecule has 0 amide bonds. The molecule has 1 atom stereocenters. The molecule has 1 N–H and O–H groups in total. The Labute approximate surface area is 140 Å². The second kappa shape index (κ2) is 5.66. The molecule has 3 rings (SSSR count). The topological polar surface area (TPSA) is 98.6 Å². The molecule has 0 radical (unpaired) electrons. The summed E-state index contributed by atoms with van der Waals surface area (Å²) < 4.78 is 46.0. The first kappa shape index (κ1) is 16.6. The molecule has 9 heteroatoms. The van der Waals surface area contributed by atoms with E-state index in [1.807, 2.05) is 39.0 Å². The first-order valence-corrected chi connectivity index (χ1v) is 8.74. The van der Waals surface area contributed by atoms with Crippen LogP contribution in [0.4, 0.5) is 0 Å². The maximum Gasteiger partial charge on any atom is 0.368 e. The fourth-order valence-corrected chi connectivity index (χ4v) is 3.35. The molecule has 1 aromatic carbocycles. The van der Waals surface area contributed by atoms with Gasteiger partial charge in [0.25, 0.3) is 5.90 Å². The highest BCUT2D eigenvalue weighted by atomic mass is 32.2. The minimum atomic E-state index is -3.90. The Hall–Kier alpha value is -2.29. The first-order chi connectivity index (χ1) is 11.2. The number of benzene rings is 1. The number of hydrogen-bond donors (Lipinski definition) is 1. The van der Waals surface area contributed by atoms with E-state index in [-0.39, 0.29) is 30.0 Å². The first-order valence-electron chi connectivity index (χ1n) is 7.35. The van der Waals surface area contributed by atoms with E-state index in [9.17, 15) is 8.42 Å². The summed E-state index contributed by atoms with van der Waals surface area (Å²) in [5.74, 6) is 1.39. The Kier molecular flexibility index (Phi) is 3.90. The lowest BCUT2D eigenvalue weighted by atomic mass is 9.82. The third-order valence-corrected chi connectivity index (χ3v) is 4.49. The average Bonchev–Trinajstić information content (AvgIpc) is 3.05. The Balaban J connectivity index is 1.96. The molecular formula is C15H19N3O5S. The fraction of sp³-hybridized carbons (Fsp3) is 0.467. The van der Waals surface area contributed by atoms with Crippen LogP contribution in [0, 0.1) is 5.41 Å². The summed E-state index contributed by atoms with van der Waals surface area (Å²) in [6, 6.07) is 5.36. The zero-order valence-electron chi connectivity index (χ0n) is 13.9. The number of ether oxygens (including phenoxy) is 3. The van der Waals surface area contributed by atoms with Crippen molar-refractivity contribution in [2.45, 2.75) is 26.8 Å². The quantitative estimate of drug-likeness (QED) is 0.870. The number of amidine groups is 1. The van der Waals surface area contributed by atoms with E-state index < -0.39 is 10.2 Å². The van der Waals surface area contributed by atoms with E-state index in [0.717, 1.165) is 5.56 Å². The zero-order valence-corrected chi connectivity index (χ0v) is 14.7. The van der Waals surface area contributed by atoms with E-state index in [2.05, 4.69) is 14.1 Å². The third-order valence-electron chi connectivity index (χ3n) is 3.68. The number of nitrogens with zero attached hydrogens (tertiary/aromatic N) is 2. The molecule has 0 aliphatic carbocycles. The Bertz CT molecular complexity index is 824. The molecule has 130 valence electrons. The van der Waals surface area contributed by atoms with Gasteiger partial charge in [0.05, 0.1) is 13.2 Å². The van der Waals surface area contributed by atoms with Crippen LogP contribution in [-0.4, -0.2) is 34.1 Å². The molecule has 0 fully saturated rings. The van der Waals surface area contributed by atoms with Crippen LogP contribution in [0.1, 0.15) is 32.4 Å². The molecule has 0 bridgehead atoms. The fourth-order valence-electron chi connectivity index (χ4n) is 2.57. The summed E-state index contributed by atoms with van der Waals surface area (Å²) >= 11 is 0. The maximum absolute atomic E-state index is 11.6. The van der Waals surface area contributed by atoms with Crippen molar-refractivity contribution in [3.8, 4) is 11.5 Å². The van der Waals surface area contributed by atoms with E-state index in [1.54, 1.807) is 0 Å². The van der Waals surface area contributed by atoms with Gasteiger partial charge in [0, 0.05) is 0 Å². The molecule has 0 aromatic heterocycles. The SMILES string of the molecule is COC1=NS(=O)(=O)N=C1N[C@@H](c1ccc2c(c1)OCO2)C(C)(C)C. The highest BCUT2D eigenvalue weighted by Gasteiger charge is 2.33. The second-order valence-electron chi connectivity index (χ2n) is 6.54. The van der Waals surface area contributed by atoms with Gasteiger partial charge in [-0.25, -0.2) is 0 Å². The van der Waals surface area contributed by atoms with Crippen LogP contribution in [0.5, 0.6) is 11.5 Å². The number of fused-ring (bicyclic) bond motifs is 1. The maximum atomic E-state index is 11.6. The van der Waals surface area contributed by atoms with Gasteiger partial charge in [0.2, 0.25) is 12.6 Å². The molecule has 0 saturated heterocycles. The van der Waals surface area contributed by atoms with Gasteiger partial charge in [-0.3, -0.25) is 0 Å². The number of hydrogen-bond acceptors (Lipinski definition) is 6. The predicted molar refractivity (Wildman–Crippen MR) is 88.7 cm³/mol. The lowest BCUT2D eigenvalue weighted by molar-refractivity contribution is 0.174. The average molecular weight is 353 g/mol. The molecule has 1 aromatic rings. The van der Waals surface area contributed by atoms with Crippen molar-refractivity contribution in [1.82, 2.24) is 5.32 Å². The highest BCUT2D eigenvalue weighted by molar-refractivity contribution is 7.89. The van der Waals surface area contributed by atoms with E-state index in [1.165, 1.54) is 7.11 Å². The van der Waals surface area contributed by atoms with E-state index in [0.29, 0.717) is 11.5 Å². The Morgan fingerprint density at radius 1 is 1.21 bits per heavy atom. The van der Waals surface area contributed by atoms with Gasteiger partial charge in [0.15, 0.2) is 11.5 Å². The lowest BCUT2D eigenvalue weighted by Crippen LogP contribution is -2.39.